The normalized spacial score (nSPS) is 17.5. The number of rotatable bonds is 3. The second kappa shape index (κ2) is 7.25. The van der Waals surface area contributed by atoms with Crippen molar-refractivity contribution < 1.29 is 0 Å². The lowest BCUT2D eigenvalue weighted by Crippen LogP contribution is -2.24. The summed E-state index contributed by atoms with van der Waals surface area (Å²) in [5.74, 6) is 2.45. The summed E-state index contributed by atoms with van der Waals surface area (Å²) < 4.78 is 2.22. The van der Waals surface area contributed by atoms with Gasteiger partial charge in [0.1, 0.15) is 12.4 Å². The molecule has 0 saturated carbocycles. The fourth-order valence-electron chi connectivity index (χ4n) is 3.89. The number of nitrogens with two attached hydrogens (primary N) is 1. The molecule has 132 valence electrons. The van der Waals surface area contributed by atoms with E-state index >= 15 is 0 Å². The van der Waals surface area contributed by atoms with E-state index in [1.54, 1.807) is 0 Å². The first-order valence-corrected chi connectivity index (χ1v) is 9.40. The van der Waals surface area contributed by atoms with E-state index in [2.05, 4.69) is 43.3 Å². The summed E-state index contributed by atoms with van der Waals surface area (Å²) in [6.45, 7) is 1.47. The highest BCUT2D eigenvalue weighted by Gasteiger charge is 2.15. The lowest BCUT2D eigenvalue weighted by atomic mass is 9.90. The Kier molecular flexibility index (Phi) is 4.68. The van der Waals surface area contributed by atoms with Crippen LogP contribution in [0.2, 0.25) is 0 Å². The van der Waals surface area contributed by atoms with Crippen molar-refractivity contribution in [1.82, 2.24) is 14.8 Å². The maximum absolute atomic E-state index is 6.14. The van der Waals surface area contributed by atoms with Crippen molar-refractivity contribution in [3.8, 4) is 0 Å². The summed E-state index contributed by atoms with van der Waals surface area (Å²) in [5.41, 5.74) is 10.1. The Balaban J connectivity index is 1.47. The number of guanidine groups is 1. The van der Waals surface area contributed by atoms with Crippen LogP contribution in [0.15, 0.2) is 23.2 Å². The smallest absolute Gasteiger partial charge is 0.193 e. The predicted molar refractivity (Wildman–Crippen MR) is 99.6 cm³/mol. The van der Waals surface area contributed by atoms with Gasteiger partial charge >= 0.3 is 0 Å². The largest absolute Gasteiger partial charge is 0.370 e. The zero-order chi connectivity index (χ0) is 17.1. The molecule has 6 heteroatoms. The van der Waals surface area contributed by atoms with Gasteiger partial charge in [0.25, 0.3) is 0 Å². The van der Waals surface area contributed by atoms with E-state index in [-0.39, 0.29) is 0 Å². The van der Waals surface area contributed by atoms with Gasteiger partial charge in [-0.2, -0.15) is 0 Å². The van der Waals surface area contributed by atoms with Gasteiger partial charge in [-0.15, -0.1) is 10.2 Å². The summed E-state index contributed by atoms with van der Waals surface area (Å²) in [7, 11) is 0. The topological polar surface area (TPSA) is 81.1 Å². The average Bonchev–Trinajstić information content (AvgIpc) is 2.86. The highest BCUT2D eigenvalue weighted by molar-refractivity contribution is 5.93. The minimum Gasteiger partial charge on any atom is -0.370 e. The van der Waals surface area contributed by atoms with E-state index in [0.717, 1.165) is 43.1 Å². The first-order chi connectivity index (χ1) is 12.3. The van der Waals surface area contributed by atoms with E-state index in [4.69, 9.17) is 5.73 Å². The number of aryl methyl sites for hydroxylation is 2. The van der Waals surface area contributed by atoms with Crippen LogP contribution in [-0.2, 0) is 32.4 Å². The second-order valence-electron chi connectivity index (χ2n) is 6.97. The van der Waals surface area contributed by atoms with Gasteiger partial charge in [-0.25, -0.2) is 4.99 Å². The third kappa shape index (κ3) is 3.52. The van der Waals surface area contributed by atoms with Crippen LogP contribution in [-0.4, -0.2) is 20.7 Å². The summed E-state index contributed by atoms with van der Waals surface area (Å²) in [5, 5.41) is 11.9. The molecule has 0 unspecified atom stereocenters. The Morgan fingerprint density at radius 2 is 1.96 bits per heavy atom. The lowest BCUT2D eigenvalue weighted by molar-refractivity contribution is 0.606. The molecule has 1 aromatic heterocycles. The van der Waals surface area contributed by atoms with E-state index < -0.39 is 0 Å². The van der Waals surface area contributed by atoms with Crippen LogP contribution >= 0.6 is 0 Å². The second-order valence-corrected chi connectivity index (χ2v) is 6.97. The minimum atomic E-state index is 0.449. The number of anilines is 1. The summed E-state index contributed by atoms with van der Waals surface area (Å²) in [4.78, 5) is 4.51. The molecule has 4 rings (SSSR count). The Labute approximate surface area is 148 Å². The molecule has 0 bridgehead atoms. The molecule has 3 N–H and O–H groups in total. The molecule has 0 saturated heterocycles. The number of hydrogen-bond acceptors (Lipinski definition) is 3. The molecule has 25 heavy (non-hydrogen) atoms. The lowest BCUT2D eigenvalue weighted by Gasteiger charge is -2.19. The number of hydrogen-bond donors (Lipinski definition) is 2. The number of benzene rings is 1. The maximum atomic E-state index is 6.14. The van der Waals surface area contributed by atoms with Crippen molar-refractivity contribution in [2.45, 2.75) is 64.5 Å². The zero-order valence-electron chi connectivity index (χ0n) is 14.7. The zero-order valence-corrected chi connectivity index (χ0v) is 14.7. The van der Waals surface area contributed by atoms with Gasteiger partial charge in [0.2, 0.25) is 0 Å². The highest BCUT2D eigenvalue weighted by atomic mass is 15.3. The van der Waals surface area contributed by atoms with Gasteiger partial charge in [0.15, 0.2) is 11.8 Å². The monoisotopic (exact) mass is 338 g/mol. The molecule has 2 aromatic rings. The Morgan fingerprint density at radius 3 is 2.92 bits per heavy atom. The van der Waals surface area contributed by atoms with Crippen LogP contribution in [0.4, 0.5) is 5.69 Å². The number of nitrogens with zero attached hydrogens (tertiary/aromatic N) is 4. The maximum Gasteiger partial charge on any atom is 0.193 e. The van der Waals surface area contributed by atoms with Crippen LogP contribution in [0.3, 0.4) is 0 Å². The van der Waals surface area contributed by atoms with Gasteiger partial charge in [0.05, 0.1) is 0 Å². The van der Waals surface area contributed by atoms with Gasteiger partial charge < -0.3 is 15.6 Å². The fourth-order valence-corrected chi connectivity index (χ4v) is 3.89. The predicted octanol–water partition coefficient (Wildman–Crippen LogP) is 2.81. The third-order valence-electron chi connectivity index (χ3n) is 5.24. The minimum absolute atomic E-state index is 0.449. The number of fused-ring (bicyclic) bond motifs is 2. The Bertz CT molecular complexity index is 776. The van der Waals surface area contributed by atoms with Gasteiger partial charge in [0, 0.05) is 18.7 Å². The number of aromatic nitrogens is 3. The highest BCUT2D eigenvalue weighted by Crippen LogP contribution is 2.27. The van der Waals surface area contributed by atoms with Crippen molar-refractivity contribution in [3.63, 3.8) is 0 Å². The molecule has 2 aliphatic rings. The fraction of sp³-hybridized carbons (Fsp3) is 0.526. The molecule has 6 nitrogen and oxygen atoms in total. The molecular formula is C19H26N6. The van der Waals surface area contributed by atoms with Crippen molar-refractivity contribution in [1.29, 1.82) is 0 Å². The van der Waals surface area contributed by atoms with E-state index in [0.29, 0.717) is 12.5 Å². The molecule has 0 atom stereocenters. The van der Waals surface area contributed by atoms with Crippen molar-refractivity contribution in [2.24, 2.45) is 10.7 Å². The van der Waals surface area contributed by atoms with Crippen LogP contribution in [0.1, 0.15) is 54.9 Å². The van der Waals surface area contributed by atoms with Gasteiger partial charge in [-0.3, -0.25) is 0 Å². The SMILES string of the molecule is NC(=NCc1nnc2n1CCCCC2)Nc1cccc2c1CCCC2. The summed E-state index contributed by atoms with van der Waals surface area (Å²) in [6, 6.07) is 6.41. The number of aliphatic imine (C=N–C) groups is 1. The van der Waals surface area contributed by atoms with Crippen LogP contribution in [0.25, 0.3) is 0 Å². The molecule has 1 aliphatic carbocycles. The summed E-state index contributed by atoms with van der Waals surface area (Å²) in [6.07, 6.45) is 9.45. The Hall–Kier alpha value is -2.37. The molecule has 1 aliphatic heterocycles. The summed E-state index contributed by atoms with van der Waals surface area (Å²) >= 11 is 0. The van der Waals surface area contributed by atoms with E-state index in [1.807, 2.05) is 0 Å². The van der Waals surface area contributed by atoms with Crippen LogP contribution in [0.5, 0.6) is 0 Å². The third-order valence-corrected chi connectivity index (χ3v) is 5.24. The first-order valence-electron chi connectivity index (χ1n) is 9.40. The van der Waals surface area contributed by atoms with Crippen molar-refractivity contribution in [3.05, 3.63) is 41.0 Å². The van der Waals surface area contributed by atoms with E-state index in [1.165, 1.54) is 43.2 Å². The van der Waals surface area contributed by atoms with Crippen LogP contribution < -0.4 is 11.1 Å². The molecular weight excluding hydrogens is 312 g/mol. The standard InChI is InChI=1S/C19H26N6/c20-19(22-16-10-6-8-14-7-3-4-9-15(14)16)21-13-18-24-23-17-11-2-1-5-12-25(17)18/h6,8,10H,1-5,7,9,11-13H2,(H3,20,21,22). The first kappa shape index (κ1) is 16.1. The van der Waals surface area contributed by atoms with Gasteiger partial charge in [-0.1, -0.05) is 18.6 Å². The van der Waals surface area contributed by atoms with Gasteiger partial charge in [-0.05, 0) is 55.7 Å². The Morgan fingerprint density at radius 1 is 1.08 bits per heavy atom. The van der Waals surface area contributed by atoms with E-state index in [9.17, 15) is 0 Å². The van der Waals surface area contributed by atoms with Crippen molar-refractivity contribution >= 4 is 11.6 Å². The molecule has 0 fully saturated rings. The molecule has 1 aromatic carbocycles. The van der Waals surface area contributed by atoms with Crippen molar-refractivity contribution in [2.75, 3.05) is 5.32 Å². The molecule has 0 radical (unpaired) electrons. The molecule has 0 spiro atoms. The number of nitrogens with one attached hydrogen (secondary N) is 1. The van der Waals surface area contributed by atoms with Crippen LogP contribution in [0, 0.1) is 0 Å². The quantitative estimate of drug-likeness (QED) is 0.666. The molecule has 2 heterocycles. The average molecular weight is 338 g/mol. The molecule has 0 amide bonds.